The van der Waals surface area contributed by atoms with Crippen molar-refractivity contribution in [3.8, 4) is 5.75 Å². The largest absolute Gasteiger partial charge is 0.497 e. The number of halogens is 1. The van der Waals surface area contributed by atoms with Gasteiger partial charge in [0.1, 0.15) is 5.75 Å². The van der Waals surface area contributed by atoms with E-state index in [2.05, 4.69) is 46.3 Å². The standard InChI is InChI=1S/C15H23BrN2O/c1-18(2)15(7-4-8-15)11-17-10-12-9-13(19-3)5-6-14(12)16/h5-6,9,17H,4,7-8,10-11H2,1-3H3. The molecule has 1 fully saturated rings. The Bertz CT molecular complexity index is 430. The fourth-order valence-corrected chi connectivity index (χ4v) is 3.00. The average Bonchev–Trinajstić information content (AvgIpc) is 2.34. The zero-order valence-electron chi connectivity index (χ0n) is 12.0. The van der Waals surface area contributed by atoms with E-state index < -0.39 is 0 Å². The van der Waals surface area contributed by atoms with E-state index >= 15 is 0 Å². The summed E-state index contributed by atoms with van der Waals surface area (Å²) < 4.78 is 6.40. The van der Waals surface area contributed by atoms with Crippen molar-refractivity contribution in [2.45, 2.75) is 31.3 Å². The van der Waals surface area contributed by atoms with Crippen LogP contribution in [0.2, 0.25) is 0 Å². The van der Waals surface area contributed by atoms with Gasteiger partial charge in [0.25, 0.3) is 0 Å². The van der Waals surface area contributed by atoms with E-state index in [0.29, 0.717) is 5.54 Å². The summed E-state index contributed by atoms with van der Waals surface area (Å²) in [6, 6.07) is 6.10. The van der Waals surface area contributed by atoms with Gasteiger partial charge in [0.05, 0.1) is 7.11 Å². The van der Waals surface area contributed by atoms with E-state index in [4.69, 9.17) is 4.74 Å². The Balaban J connectivity index is 1.92. The van der Waals surface area contributed by atoms with Gasteiger partial charge in [0, 0.05) is 23.1 Å². The van der Waals surface area contributed by atoms with Gasteiger partial charge in [-0.2, -0.15) is 0 Å². The van der Waals surface area contributed by atoms with Crippen LogP contribution in [-0.2, 0) is 6.54 Å². The summed E-state index contributed by atoms with van der Waals surface area (Å²) in [7, 11) is 6.07. The number of benzene rings is 1. The number of likely N-dealkylation sites (N-methyl/N-ethyl adjacent to an activating group) is 1. The molecule has 0 aliphatic heterocycles. The molecule has 0 bridgehead atoms. The van der Waals surface area contributed by atoms with E-state index in [1.54, 1.807) is 7.11 Å². The van der Waals surface area contributed by atoms with Crippen molar-refractivity contribution in [2.24, 2.45) is 0 Å². The van der Waals surface area contributed by atoms with E-state index in [9.17, 15) is 0 Å². The molecule has 19 heavy (non-hydrogen) atoms. The first kappa shape index (κ1) is 14.8. The minimum atomic E-state index is 0.366. The zero-order chi connectivity index (χ0) is 13.9. The lowest BCUT2D eigenvalue weighted by molar-refractivity contribution is 0.0598. The highest BCUT2D eigenvalue weighted by Gasteiger charge is 2.38. The van der Waals surface area contributed by atoms with Gasteiger partial charge in [-0.1, -0.05) is 15.9 Å². The lowest BCUT2D eigenvalue weighted by atomic mass is 9.75. The molecular formula is C15H23BrN2O. The van der Waals surface area contributed by atoms with Gasteiger partial charge in [0.2, 0.25) is 0 Å². The summed E-state index contributed by atoms with van der Waals surface area (Å²) in [5.74, 6) is 0.908. The average molecular weight is 327 g/mol. The molecule has 0 aromatic heterocycles. The molecule has 0 heterocycles. The van der Waals surface area contributed by atoms with E-state index in [1.807, 2.05) is 12.1 Å². The highest BCUT2D eigenvalue weighted by molar-refractivity contribution is 9.10. The lowest BCUT2D eigenvalue weighted by Crippen LogP contribution is -2.56. The maximum absolute atomic E-state index is 5.27. The maximum atomic E-state index is 5.27. The first-order valence-electron chi connectivity index (χ1n) is 6.78. The second kappa shape index (κ2) is 6.25. The van der Waals surface area contributed by atoms with Crippen LogP contribution in [0.4, 0.5) is 0 Å². The normalized spacial score (nSPS) is 17.3. The number of hydrogen-bond donors (Lipinski definition) is 1. The zero-order valence-corrected chi connectivity index (χ0v) is 13.6. The van der Waals surface area contributed by atoms with Crippen molar-refractivity contribution < 1.29 is 4.74 Å². The minimum absolute atomic E-state index is 0.366. The predicted octanol–water partition coefficient (Wildman–Crippen LogP) is 3.03. The molecule has 1 N–H and O–H groups in total. The van der Waals surface area contributed by atoms with E-state index in [0.717, 1.165) is 23.3 Å². The molecular weight excluding hydrogens is 304 g/mol. The van der Waals surface area contributed by atoms with Crippen LogP contribution in [-0.4, -0.2) is 38.2 Å². The second-order valence-electron chi connectivity index (χ2n) is 5.53. The quantitative estimate of drug-likeness (QED) is 0.869. The first-order chi connectivity index (χ1) is 9.07. The Kier molecular flexibility index (Phi) is 4.87. The van der Waals surface area contributed by atoms with Crippen LogP contribution in [0.3, 0.4) is 0 Å². The van der Waals surface area contributed by atoms with Crippen molar-refractivity contribution in [3.05, 3.63) is 28.2 Å². The monoisotopic (exact) mass is 326 g/mol. The number of ether oxygens (including phenoxy) is 1. The number of methoxy groups -OCH3 is 1. The van der Waals surface area contributed by atoms with Gasteiger partial charge in [-0.3, -0.25) is 0 Å². The molecule has 0 atom stereocenters. The van der Waals surface area contributed by atoms with Crippen molar-refractivity contribution in [2.75, 3.05) is 27.7 Å². The van der Waals surface area contributed by atoms with Crippen molar-refractivity contribution in [1.29, 1.82) is 0 Å². The van der Waals surface area contributed by atoms with Gasteiger partial charge in [-0.15, -0.1) is 0 Å². The highest BCUT2D eigenvalue weighted by atomic mass is 79.9. The SMILES string of the molecule is COc1ccc(Br)c(CNCC2(N(C)C)CCC2)c1. The van der Waals surface area contributed by atoms with Crippen molar-refractivity contribution >= 4 is 15.9 Å². The molecule has 4 heteroatoms. The van der Waals surface area contributed by atoms with Gasteiger partial charge >= 0.3 is 0 Å². The third-order valence-corrected chi connectivity index (χ3v) is 5.03. The topological polar surface area (TPSA) is 24.5 Å². The Morgan fingerprint density at radius 2 is 2.11 bits per heavy atom. The van der Waals surface area contributed by atoms with Gasteiger partial charge < -0.3 is 15.0 Å². The van der Waals surface area contributed by atoms with Crippen LogP contribution >= 0.6 is 15.9 Å². The second-order valence-corrected chi connectivity index (χ2v) is 6.39. The van der Waals surface area contributed by atoms with Crippen LogP contribution in [0.1, 0.15) is 24.8 Å². The van der Waals surface area contributed by atoms with Crippen LogP contribution < -0.4 is 10.1 Å². The molecule has 0 spiro atoms. The molecule has 1 saturated carbocycles. The third-order valence-electron chi connectivity index (χ3n) is 4.26. The third kappa shape index (κ3) is 3.30. The molecule has 2 rings (SSSR count). The van der Waals surface area contributed by atoms with Crippen LogP contribution in [0.15, 0.2) is 22.7 Å². The summed E-state index contributed by atoms with van der Waals surface area (Å²) in [6.45, 7) is 1.91. The molecule has 3 nitrogen and oxygen atoms in total. The van der Waals surface area contributed by atoms with Crippen molar-refractivity contribution in [3.63, 3.8) is 0 Å². The molecule has 1 aromatic rings. The van der Waals surface area contributed by atoms with Crippen LogP contribution in [0, 0.1) is 0 Å². The molecule has 0 radical (unpaired) electrons. The molecule has 0 unspecified atom stereocenters. The Labute approximate surface area is 124 Å². The summed E-state index contributed by atoms with van der Waals surface area (Å²) in [4.78, 5) is 2.37. The smallest absolute Gasteiger partial charge is 0.119 e. The van der Waals surface area contributed by atoms with Crippen molar-refractivity contribution in [1.82, 2.24) is 10.2 Å². The number of nitrogens with one attached hydrogen (secondary N) is 1. The minimum Gasteiger partial charge on any atom is -0.497 e. The maximum Gasteiger partial charge on any atom is 0.119 e. The molecule has 106 valence electrons. The Morgan fingerprint density at radius 1 is 1.37 bits per heavy atom. The Hall–Kier alpha value is -0.580. The summed E-state index contributed by atoms with van der Waals surface area (Å²) in [5, 5.41) is 3.59. The van der Waals surface area contributed by atoms with E-state index in [1.165, 1.54) is 24.8 Å². The number of hydrogen-bond acceptors (Lipinski definition) is 3. The predicted molar refractivity (Wildman–Crippen MR) is 82.7 cm³/mol. The molecule has 1 aliphatic rings. The molecule has 1 aliphatic carbocycles. The molecule has 0 saturated heterocycles. The fourth-order valence-electron chi connectivity index (χ4n) is 2.61. The van der Waals surface area contributed by atoms with Crippen LogP contribution in [0.25, 0.3) is 0 Å². The lowest BCUT2D eigenvalue weighted by Gasteiger charge is -2.47. The number of rotatable bonds is 6. The fraction of sp³-hybridized carbons (Fsp3) is 0.600. The van der Waals surface area contributed by atoms with Gasteiger partial charge in [-0.05, 0) is 57.1 Å². The molecule has 0 amide bonds. The van der Waals surface area contributed by atoms with Crippen LogP contribution in [0.5, 0.6) is 5.75 Å². The van der Waals surface area contributed by atoms with Gasteiger partial charge in [-0.25, -0.2) is 0 Å². The summed E-state index contributed by atoms with van der Waals surface area (Å²) in [5.41, 5.74) is 1.61. The molecule has 1 aromatic carbocycles. The summed E-state index contributed by atoms with van der Waals surface area (Å²) in [6.07, 6.45) is 3.95. The van der Waals surface area contributed by atoms with E-state index in [-0.39, 0.29) is 0 Å². The number of nitrogens with zero attached hydrogens (tertiary/aromatic N) is 1. The first-order valence-corrected chi connectivity index (χ1v) is 7.57. The summed E-state index contributed by atoms with van der Waals surface area (Å²) >= 11 is 3.59. The highest BCUT2D eigenvalue weighted by Crippen LogP contribution is 2.35. The van der Waals surface area contributed by atoms with Gasteiger partial charge in [0.15, 0.2) is 0 Å². The Morgan fingerprint density at radius 3 is 2.63 bits per heavy atom.